The Bertz CT molecular complexity index is 358. The zero-order valence-corrected chi connectivity index (χ0v) is 11.2. The molecule has 0 spiro atoms. The van der Waals surface area contributed by atoms with Crippen LogP contribution in [0.2, 0.25) is 0 Å². The van der Waals surface area contributed by atoms with Crippen molar-refractivity contribution in [1.82, 2.24) is 10.4 Å². The van der Waals surface area contributed by atoms with Gasteiger partial charge in [0.2, 0.25) is 5.91 Å². The number of nitrogens with one attached hydrogen (secondary N) is 1. The molecule has 0 bridgehead atoms. The van der Waals surface area contributed by atoms with Crippen molar-refractivity contribution < 1.29 is 24.3 Å². The Hall–Kier alpha value is -1.63. The van der Waals surface area contributed by atoms with Gasteiger partial charge in [-0.3, -0.25) is 19.6 Å². The summed E-state index contributed by atoms with van der Waals surface area (Å²) in [5, 5.41) is 8.44. The zero-order valence-electron chi connectivity index (χ0n) is 11.2. The molecule has 0 aliphatic heterocycles. The maximum atomic E-state index is 12.2. The number of hydrogen-bond acceptors (Lipinski definition) is 5. The van der Waals surface area contributed by atoms with E-state index in [-0.39, 0.29) is 18.4 Å². The van der Waals surface area contributed by atoms with Crippen LogP contribution < -0.4 is 5.48 Å². The predicted molar refractivity (Wildman–Crippen MR) is 65.0 cm³/mol. The van der Waals surface area contributed by atoms with Gasteiger partial charge in [-0.1, -0.05) is 12.8 Å². The van der Waals surface area contributed by atoms with Gasteiger partial charge in [0.15, 0.2) is 0 Å². The van der Waals surface area contributed by atoms with E-state index in [1.165, 1.54) is 24.5 Å². The van der Waals surface area contributed by atoms with Crippen LogP contribution in [0.25, 0.3) is 0 Å². The summed E-state index contributed by atoms with van der Waals surface area (Å²) >= 11 is 0. The smallest absolute Gasteiger partial charge is 0.309 e. The number of hydroxylamine groups is 1. The molecule has 7 nitrogen and oxygen atoms in total. The average Bonchev–Trinajstić information content (AvgIpc) is 2.45. The first kappa shape index (κ1) is 15.4. The Kier molecular flexibility index (Phi) is 5.75. The van der Waals surface area contributed by atoms with Crippen molar-refractivity contribution in [2.75, 3.05) is 20.7 Å². The van der Waals surface area contributed by atoms with Crippen LogP contribution in [0.5, 0.6) is 0 Å². The van der Waals surface area contributed by atoms with E-state index in [1.54, 1.807) is 0 Å². The highest BCUT2D eigenvalue weighted by Gasteiger charge is 2.37. The van der Waals surface area contributed by atoms with Crippen molar-refractivity contribution in [3.05, 3.63) is 0 Å². The Balaban J connectivity index is 2.71. The first-order valence-electron chi connectivity index (χ1n) is 6.27. The molecule has 2 atom stereocenters. The molecule has 19 heavy (non-hydrogen) atoms. The fourth-order valence-electron chi connectivity index (χ4n) is 2.47. The SMILES string of the molecule is COC(=O)C1CCCCC1C(=O)N(C)CC(=O)NO. The van der Waals surface area contributed by atoms with Gasteiger partial charge in [-0.25, -0.2) is 5.48 Å². The summed E-state index contributed by atoms with van der Waals surface area (Å²) in [6.07, 6.45) is 3.02. The van der Waals surface area contributed by atoms with Crippen LogP contribution >= 0.6 is 0 Å². The minimum atomic E-state index is -0.665. The molecular formula is C12H20N2O5. The molecule has 1 saturated carbocycles. The molecule has 108 valence electrons. The molecule has 1 rings (SSSR count). The Morgan fingerprint density at radius 1 is 1.26 bits per heavy atom. The standard InChI is InChI=1S/C12H20N2O5/c1-14(7-10(15)13-18)11(16)8-5-3-4-6-9(8)12(17)19-2/h8-9,18H,3-7H2,1-2H3,(H,13,15). The van der Waals surface area contributed by atoms with Gasteiger partial charge in [-0.2, -0.15) is 0 Å². The topological polar surface area (TPSA) is 95.9 Å². The number of esters is 1. The van der Waals surface area contributed by atoms with Crippen molar-refractivity contribution in [3.63, 3.8) is 0 Å². The van der Waals surface area contributed by atoms with Gasteiger partial charge in [0.25, 0.3) is 5.91 Å². The Morgan fingerprint density at radius 3 is 2.37 bits per heavy atom. The number of carbonyl (C=O) groups excluding carboxylic acids is 3. The van der Waals surface area contributed by atoms with E-state index in [0.29, 0.717) is 12.8 Å². The van der Waals surface area contributed by atoms with Crippen molar-refractivity contribution in [2.24, 2.45) is 11.8 Å². The van der Waals surface area contributed by atoms with Gasteiger partial charge >= 0.3 is 5.97 Å². The number of ether oxygens (including phenoxy) is 1. The fraction of sp³-hybridized carbons (Fsp3) is 0.750. The number of nitrogens with zero attached hydrogens (tertiary/aromatic N) is 1. The molecule has 0 aromatic rings. The first-order valence-corrected chi connectivity index (χ1v) is 6.27. The third-order valence-electron chi connectivity index (χ3n) is 3.47. The lowest BCUT2D eigenvalue weighted by Gasteiger charge is -2.31. The van der Waals surface area contributed by atoms with Crippen LogP contribution in [0, 0.1) is 11.8 Å². The maximum absolute atomic E-state index is 12.2. The summed E-state index contributed by atoms with van der Waals surface area (Å²) < 4.78 is 4.72. The number of methoxy groups -OCH3 is 1. The van der Waals surface area contributed by atoms with E-state index < -0.39 is 17.7 Å². The molecule has 1 aliphatic rings. The molecule has 0 radical (unpaired) electrons. The molecule has 0 heterocycles. The van der Waals surface area contributed by atoms with Crippen LogP contribution in [0.1, 0.15) is 25.7 Å². The van der Waals surface area contributed by atoms with E-state index in [4.69, 9.17) is 9.94 Å². The van der Waals surface area contributed by atoms with Crippen LogP contribution in [0.15, 0.2) is 0 Å². The monoisotopic (exact) mass is 272 g/mol. The molecule has 1 fully saturated rings. The number of rotatable bonds is 4. The Labute approximate surface area is 111 Å². The number of carbonyl (C=O) groups is 3. The second-order valence-corrected chi connectivity index (χ2v) is 4.75. The summed E-state index contributed by atoms with van der Waals surface area (Å²) in [7, 11) is 2.78. The van der Waals surface area contributed by atoms with Gasteiger partial charge in [0.05, 0.1) is 18.9 Å². The third-order valence-corrected chi connectivity index (χ3v) is 3.47. The van der Waals surface area contributed by atoms with Gasteiger partial charge in [0, 0.05) is 7.05 Å². The normalized spacial score (nSPS) is 22.5. The molecule has 2 amide bonds. The summed E-state index contributed by atoms with van der Waals surface area (Å²) in [6.45, 7) is -0.236. The molecule has 0 aromatic carbocycles. The van der Waals surface area contributed by atoms with E-state index >= 15 is 0 Å². The Morgan fingerprint density at radius 2 is 1.84 bits per heavy atom. The van der Waals surface area contributed by atoms with Crippen molar-refractivity contribution in [2.45, 2.75) is 25.7 Å². The molecular weight excluding hydrogens is 252 g/mol. The van der Waals surface area contributed by atoms with Gasteiger partial charge in [-0.05, 0) is 12.8 Å². The molecule has 0 aromatic heterocycles. The largest absolute Gasteiger partial charge is 0.469 e. The zero-order chi connectivity index (χ0) is 14.4. The molecule has 2 unspecified atom stereocenters. The van der Waals surface area contributed by atoms with E-state index in [9.17, 15) is 14.4 Å². The average molecular weight is 272 g/mol. The highest BCUT2D eigenvalue weighted by Crippen LogP contribution is 2.32. The summed E-state index contributed by atoms with van der Waals surface area (Å²) in [5.74, 6) is -2.19. The number of likely N-dealkylation sites (N-methyl/N-ethyl adjacent to an activating group) is 1. The van der Waals surface area contributed by atoms with Crippen LogP contribution in [-0.2, 0) is 19.1 Å². The van der Waals surface area contributed by atoms with Crippen LogP contribution in [-0.4, -0.2) is 48.6 Å². The molecule has 2 N–H and O–H groups in total. The highest BCUT2D eigenvalue weighted by atomic mass is 16.5. The highest BCUT2D eigenvalue weighted by molar-refractivity contribution is 5.88. The predicted octanol–water partition coefficient (Wildman–Crippen LogP) is -0.0704. The molecule has 1 aliphatic carbocycles. The van der Waals surface area contributed by atoms with Crippen molar-refractivity contribution >= 4 is 17.8 Å². The van der Waals surface area contributed by atoms with E-state index in [2.05, 4.69) is 0 Å². The fourth-order valence-corrected chi connectivity index (χ4v) is 2.47. The van der Waals surface area contributed by atoms with Gasteiger partial charge in [-0.15, -0.1) is 0 Å². The lowest BCUT2D eigenvalue weighted by Crippen LogP contribution is -2.44. The summed E-state index contributed by atoms with van der Waals surface area (Å²) in [4.78, 5) is 36.2. The van der Waals surface area contributed by atoms with Gasteiger partial charge < -0.3 is 9.64 Å². The van der Waals surface area contributed by atoms with E-state index in [1.807, 2.05) is 0 Å². The van der Waals surface area contributed by atoms with Gasteiger partial charge in [0.1, 0.15) is 6.54 Å². The first-order chi connectivity index (χ1) is 9.01. The van der Waals surface area contributed by atoms with Crippen LogP contribution in [0.3, 0.4) is 0 Å². The number of hydrogen-bond donors (Lipinski definition) is 2. The lowest BCUT2D eigenvalue weighted by atomic mass is 9.78. The molecule has 7 heteroatoms. The third kappa shape index (κ3) is 3.92. The molecule has 0 saturated heterocycles. The van der Waals surface area contributed by atoms with Crippen molar-refractivity contribution in [3.8, 4) is 0 Å². The lowest BCUT2D eigenvalue weighted by molar-refractivity contribution is -0.155. The second-order valence-electron chi connectivity index (χ2n) is 4.75. The van der Waals surface area contributed by atoms with Crippen LogP contribution in [0.4, 0.5) is 0 Å². The minimum absolute atomic E-state index is 0.236. The second kappa shape index (κ2) is 7.08. The van der Waals surface area contributed by atoms with Crippen molar-refractivity contribution in [1.29, 1.82) is 0 Å². The van der Waals surface area contributed by atoms with E-state index in [0.717, 1.165) is 12.8 Å². The minimum Gasteiger partial charge on any atom is -0.469 e. The summed E-state index contributed by atoms with van der Waals surface area (Å²) in [5.41, 5.74) is 1.47. The maximum Gasteiger partial charge on any atom is 0.309 e. The number of amides is 2. The quantitative estimate of drug-likeness (QED) is 0.424. The summed E-state index contributed by atoms with van der Waals surface area (Å²) in [6, 6.07) is 0.